The average Bonchev–Trinajstić information content (AvgIpc) is 2.76. The van der Waals surface area contributed by atoms with E-state index in [1.54, 1.807) is 25.6 Å². The molecule has 1 atom stereocenters. The third kappa shape index (κ3) is 3.00. The first-order valence-corrected chi connectivity index (χ1v) is 6.83. The monoisotopic (exact) mass is 282 g/mol. The van der Waals surface area contributed by atoms with Crippen molar-refractivity contribution >= 4 is 11.9 Å². The van der Waals surface area contributed by atoms with E-state index >= 15 is 0 Å². The number of carbonyl (C=O) groups excluding carboxylic acids is 1. The number of rotatable bonds is 7. The number of carbonyl (C=O) groups is 2. The third-order valence-electron chi connectivity index (χ3n) is 3.55. The maximum absolute atomic E-state index is 12.1. The van der Waals surface area contributed by atoms with E-state index in [0.29, 0.717) is 0 Å². The fourth-order valence-electron chi connectivity index (χ4n) is 2.14. The van der Waals surface area contributed by atoms with Gasteiger partial charge in [-0.25, -0.2) is 0 Å². The van der Waals surface area contributed by atoms with Crippen LogP contribution in [-0.4, -0.2) is 33.4 Å². The van der Waals surface area contributed by atoms with Gasteiger partial charge in [0.15, 0.2) is 5.41 Å². The van der Waals surface area contributed by atoms with Crippen LogP contribution in [0, 0.1) is 5.41 Å². The second kappa shape index (κ2) is 6.54. The van der Waals surface area contributed by atoms with E-state index in [1.165, 1.54) is 0 Å². The van der Waals surface area contributed by atoms with Crippen LogP contribution in [0.25, 0.3) is 0 Å². The molecule has 0 aliphatic heterocycles. The molecule has 6 nitrogen and oxygen atoms in total. The van der Waals surface area contributed by atoms with Gasteiger partial charge in [-0.1, -0.05) is 13.8 Å². The number of ether oxygens (including phenoxy) is 1. The minimum atomic E-state index is -1.55. The number of nitrogens with zero attached hydrogens (tertiary/aromatic N) is 2. The highest BCUT2D eigenvalue weighted by Crippen LogP contribution is 2.30. The van der Waals surface area contributed by atoms with Gasteiger partial charge in [0.05, 0.1) is 12.3 Å². The Bertz CT molecular complexity index is 495. The van der Waals surface area contributed by atoms with Crippen LogP contribution in [0.3, 0.4) is 0 Å². The Morgan fingerprint density at radius 2 is 2.05 bits per heavy atom. The summed E-state index contributed by atoms with van der Waals surface area (Å²) in [6.07, 6.45) is 1.02. The zero-order valence-electron chi connectivity index (χ0n) is 12.5. The number of hydrogen-bond donors (Lipinski definition) is 1. The molecule has 0 bridgehead atoms. The van der Waals surface area contributed by atoms with E-state index in [-0.39, 0.29) is 19.4 Å². The van der Waals surface area contributed by atoms with Gasteiger partial charge in [-0.2, -0.15) is 5.10 Å². The molecule has 20 heavy (non-hydrogen) atoms. The highest BCUT2D eigenvalue weighted by atomic mass is 16.5. The van der Waals surface area contributed by atoms with E-state index < -0.39 is 17.4 Å². The Morgan fingerprint density at radius 3 is 2.45 bits per heavy atom. The largest absolute Gasteiger partial charge is 0.480 e. The summed E-state index contributed by atoms with van der Waals surface area (Å²) in [5, 5.41) is 13.8. The number of hydrogen-bond acceptors (Lipinski definition) is 4. The molecule has 0 amide bonds. The van der Waals surface area contributed by atoms with Crippen LogP contribution in [0.15, 0.2) is 6.07 Å². The van der Waals surface area contributed by atoms with Crippen LogP contribution < -0.4 is 0 Å². The van der Waals surface area contributed by atoms with E-state index in [2.05, 4.69) is 5.10 Å². The Balaban J connectivity index is 3.15. The normalized spacial score (nSPS) is 13.8. The summed E-state index contributed by atoms with van der Waals surface area (Å²) < 4.78 is 6.59. The first kappa shape index (κ1) is 16.2. The summed E-state index contributed by atoms with van der Waals surface area (Å²) in [7, 11) is 1.75. The molecule has 0 radical (unpaired) electrons. The molecule has 1 aromatic heterocycles. The number of carboxylic acid groups (broad SMARTS) is 1. The van der Waals surface area contributed by atoms with Gasteiger partial charge in [-0.3, -0.25) is 14.3 Å². The third-order valence-corrected chi connectivity index (χ3v) is 3.55. The summed E-state index contributed by atoms with van der Waals surface area (Å²) in [6, 6.07) is 1.84. The van der Waals surface area contributed by atoms with Crippen LogP contribution in [0.5, 0.6) is 0 Å². The molecule has 0 fully saturated rings. The van der Waals surface area contributed by atoms with Crippen molar-refractivity contribution in [2.24, 2.45) is 12.5 Å². The summed E-state index contributed by atoms with van der Waals surface area (Å²) in [5.41, 5.74) is 0.0512. The molecule has 0 saturated carbocycles. The van der Waals surface area contributed by atoms with E-state index in [9.17, 15) is 14.7 Å². The fourth-order valence-corrected chi connectivity index (χ4v) is 2.14. The molecule has 1 N–H and O–H groups in total. The van der Waals surface area contributed by atoms with E-state index in [0.717, 1.165) is 17.8 Å². The van der Waals surface area contributed by atoms with Gasteiger partial charge >= 0.3 is 11.9 Å². The summed E-state index contributed by atoms with van der Waals surface area (Å²) in [4.78, 5) is 23.7. The molecule has 0 aliphatic rings. The number of aliphatic carboxylic acids is 1. The topological polar surface area (TPSA) is 81.4 Å². The molecular weight excluding hydrogens is 260 g/mol. The van der Waals surface area contributed by atoms with Crippen LogP contribution >= 0.6 is 0 Å². The first-order chi connectivity index (χ1) is 9.41. The van der Waals surface area contributed by atoms with Crippen molar-refractivity contribution in [3.63, 3.8) is 0 Å². The van der Waals surface area contributed by atoms with Crippen molar-refractivity contribution in [2.45, 2.75) is 40.0 Å². The Morgan fingerprint density at radius 1 is 1.40 bits per heavy atom. The molecule has 1 heterocycles. The van der Waals surface area contributed by atoms with Crippen molar-refractivity contribution < 1.29 is 19.4 Å². The molecule has 0 spiro atoms. The van der Waals surface area contributed by atoms with Crippen LogP contribution in [-0.2, 0) is 34.2 Å². The van der Waals surface area contributed by atoms with Gasteiger partial charge in [0, 0.05) is 19.2 Å². The quantitative estimate of drug-likeness (QED) is 0.606. The molecule has 0 aromatic carbocycles. The lowest BCUT2D eigenvalue weighted by molar-refractivity contribution is -0.169. The molecule has 112 valence electrons. The molecular formula is C14H22N2O4. The van der Waals surface area contributed by atoms with Crippen LogP contribution in [0.2, 0.25) is 0 Å². The molecule has 1 aromatic rings. The van der Waals surface area contributed by atoms with Crippen molar-refractivity contribution in [2.75, 3.05) is 6.61 Å². The van der Waals surface area contributed by atoms with Gasteiger partial charge in [-0.05, 0) is 25.8 Å². The lowest BCUT2D eigenvalue weighted by atomic mass is 9.80. The van der Waals surface area contributed by atoms with Crippen LogP contribution in [0.1, 0.15) is 38.6 Å². The van der Waals surface area contributed by atoms with Gasteiger partial charge in [0.1, 0.15) is 0 Å². The maximum atomic E-state index is 12.1. The Hall–Kier alpha value is -1.85. The minimum Gasteiger partial charge on any atom is -0.480 e. The lowest BCUT2D eigenvalue weighted by Crippen LogP contribution is -2.42. The maximum Gasteiger partial charge on any atom is 0.323 e. The minimum absolute atomic E-state index is 0.0845. The predicted octanol–water partition coefficient (Wildman–Crippen LogP) is 1.57. The van der Waals surface area contributed by atoms with Crippen molar-refractivity contribution in [3.8, 4) is 0 Å². The second-order valence-electron chi connectivity index (χ2n) is 4.74. The Labute approximate surface area is 118 Å². The second-order valence-corrected chi connectivity index (χ2v) is 4.74. The highest BCUT2D eigenvalue weighted by Gasteiger charge is 2.46. The predicted molar refractivity (Wildman–Crippen MR) is 73.3 cm³/mol. The molecule has 1 unspecified atom stereocenters. The zero-order chi connectivity index (χ0) is 15.3. The zero-order valence-corrected chi connectivity index (χ0v) is 12.5. The number of carboxylic acids is 1. The van der Waals surface area contributed by atoms with E-state index in [1.807, 2.05) is 13.0 Å². The summed E-state index contributed by atoms with van der Waals surface area (Å²) in [5.74, 6) is -1.84. The van der Waals surface area contributed by atoms with E-state index in [4.69, 9.17) is 4.74 Å². The Kier molecular flexibility index (Phi) is 5.30. The fraction of sp³-hybridized carbons (Fsp3) is 0.643. The molecule has 0 aliphatic carbocycles. The summed E-state index contributed by atoms with van der Waals surface area (Å²) in [6.45, 7) is 5.49. The van der Waals surface area contributed by atoms with Gasteiger partial charge < -0.3 is 9.84 Å². The van der Waals surface area contributed by atoms with Gasteiger partial charge in [-0.15, -0.1) is 0 Å². The first-order valence-electron chi connectivity index (χ1n) is 6.83. The average molecular weight is 282 g/mol. The lowest BCUT2D eigenvalue weighted by Gasteiger charge is -2.25. The standard InChI is InChI=1S/C14H22N2O4/c1-5-10-8-11(16(4)15-10)9-14(6-2,12(17)18)13(19)20-7-3/h8H,5-7,9H2,1-4H3,(H,17,18). The van der Waals surface area contributed by atoms with Gasteiger partial charge in [0.2, 0.25) is 0 Å². The SMILES string of the molecule is CCOC(=O)C(CC)(Cc1cc(CC)nn1C)C(=O)O. The summed E-state index contributed by atoms with van der Waals surface area (Å²) >= 11 is 0. The van der Waals surface area contributed by atoms with Crippen molar-refractivity contribution in [3.05, 3.63) is 17.5 Å². The number of aryl methyl sites for hydroxylation is 2. The van der Waals surface area contributed by atoms with Crippen LogP contribution in [0.4, 0.5) is 0 Å². The molecule has 6 heteroatoms. The van der Waals surface area contributed by atoms with Gasteiger partial charge in [0.25, 0.3) is 0 Å². The van der Waals surface area contributed by atoms with Crippen molar-refractivity contribution in [1.82, 2.24) is 9.78 Å². The smallest absolute Gasteiger partial charge is 0.323 e. The number of aromatic nitrogens is 2. The molecule has 1 rings (SSSR count). The molecule has 0 saturated heterocycles. The van der Waals surface area contributed by atoms with Crippen molar-refractivity contribution in [1.29, 1.82) is 0 Å². The number of esters is 1. The highest BCUT2D eigenvalue weighted by molar-refractivity contribution is 5.99.